The molecule has 0 fully saturated rings. The Morgan fingerprint density at radius 1 is 0.464 bits per heavy atom. The van der Waals surface area contributed by atoms with Crippen molar-refractivity contribution in [3.8, 4) is 11.8 Å². The van der Waals surface area contributed by atoms with Gasteiger partial charge in [0.25, 0.3) is 0 Å². The maximum Gasteiger partial charge on any atom is 0.00886 e. The van der Waals surface area contributed by atoms with Gasteiger partial charge in [-0.25, -0.2) is 0 Å². The summed E-state index contributed by atoms with van der Waals surface area (Å²) < 4.78 is 0. The smallest absolute Gasteiger partial charge is 0.00886 e. The first-order valence-electron chi connectivity index (χ1n) is 12.9. The van der Waals surface area contributed by atoms with Crippen LogP contribution in [-0.4, -0.2) is 0 Å². The summed E-state index contributed by atoms with van der Waals surface area (Å²) in [5, 5.41) is 0. The molecule has 0 aliphatic carbocycles. The quantitative estimate of drug-likeness (QED) is 0.135. The molecule has 0 aromatic carbocycles. The van der Waals surface area contributed by atoms with Crippen LogP contribution in [0.25, 0.3) is 0 Å². The molecule has 2 radical (unpaired) electrons. The number of rotatable bonds is 21. The minimum absolute atomic E-state index is 0.935. The highest BCUT2D eigenvalue weighted by atomic mass is 14.1. The summed E-state index contributed by atoms with van der Waals surface area (Å²) in [5.41, 5.74) is 0. The standard InChI is InChI=1S/C28H52/c1-4-6-8-10-12-13-14-15-16-17-18-19-21-23-25-27-28(3)26-24-22-20-11-9-7-5-2/h28H,1-2,4-14,17-27H2,3H3. The number of hydrogen-bond donors (Lipinski definition) is 0. The first kappa shape index (κ1) is 27.6. The van der Waals surface area contributed by atoms with Gasteiger partial charge in [0.05, 0.1) is 0 Å². The van der Waals surface area contributed by atoms with Crippen molar-refractivity contribution in [2.24, 2.45) is 5.92 Å². The van der Waals surface area contributed by atoms with Crippen LogP contribution < -0.4 is 0 Å². The molecule has 0 N–H and O–H groups in total. The summed E-state index contributed by atoms with van der Waals surface area (Å²) >= 11 is 0. The van der Waals surface area contributed by atoms with E-state index in [1.807, 2.05) is 0 Å². The van der Waals surface area contributed by atoms with Gasteiger partial charge in [-0.05, 0) is 18.8 Å². The fraction of sp³-hybridized carbons (Fsp3) is 0.857. The van der Waals surface area contributed by atoms with Gasteiger partial charge in [0, 0.05) is 12.8 Å². The molecule has 0 saturated heterocycles. The summed E-state index contributed by atoms with van der Waals surface area (Å²) in [6.07, 6.45) is 29.4. The Morgan fingerprint density at radius 3 is 1.18 bits per heavy atom. The average molecular weight is 389 g/mol. The Morgan fingerprint density at radius 2 is 0.786 bits per heavy atom. The van der Waals surface area contributed by atoms with Gasteiger partial charge in [-0.1, -0.05) is 136 Å². The molecule has 1 unspecified atom stereocenters. The molecule has 0 bridgehead atoms. The first-order chi connectivity index (χ1) is 13.8. The zero-order chi connectivity index (χ0) is 20.5. The molecule has 164 valence electrons. The zero-order valence-electron chi connectivity index (χ0n) is 19.5. The van der Waals surface area contributed by atoms with Crippen LogP contribution in [0, 0.1) is 31.6 Å². The molecular weight excluding hydrogens is 336 g/mol. The van der Waals surface area contributed by atoms with Gasteiger partial charge in [-0.3, -0.25) is 0 Å². The molecule has 28 heavy (non-hydrogen) atoms. The predicted molar refractivity (Wildman–Crippen MR) is 129 cm³/mol. The predicted octanol–water partition coefficient (Wildman–Crippen LogP) is 9.88. The van der Waals surface area contributed by atoms with Crippen LogP contribution in [0.3, 0.4) is 0 Å². The van der Waals surface area contributed by atoms with E-state index in [4.69, 9.17) is 0 Å². The Labute approximate surface area is 180 Å². The van der Waals surface area contributed by atoms with Crippen LogP contribution >= 0.6 is 0 Å². The van der Waals surface area contributed by atoms with Gasteiger partial charge in [-0.15, -0.1) is 11.8 Å². The normalized spacial score (nSPS) is 12.0. The van der Waals surface area contributed by atoms with E-state index in [9.17, 15) is 0 Å². The zero-order valence-corrected chi connectivity index (χ0v) is 19.5. The minimum atomic E-state index is 0.935. The Kier molecular flexibility index (Phi) is 24.2. The fourth-order valence-electron chi connectivity index (χ4n) is 3.85. The van der Waals surface area contributed by atoms with Gasteiger partial charge < -0.3 is 0 Å². The van der Waals surface area contributed by atoms with Crippen molar-refractivity contribution in [3.05, 3.63) is 13.8 Å². The van der Waals surface area contributed by atoms with Crippen LogP contribution in [-0.2, 0) is 0 Å². The highest BCUT2D eigenvalue weighted by Crippen LogP contribution is 2.18. The molecule has 0 aromatic heterocycles. The van der Waals surface area contributed by atoms with Crippen molar-refractivity contribution in [2.45, 2.75) is 148 Å². The van der Waals surface area contributed by atoms with Gasteiger partial charge >= 0.3 is 0 Å². The van der Waals surface area contributed by atoms with E-state index in [-0.39, 0.29) is 0 Å². The fourth-order valence-corrected chi connectivity index (χ4v) is 3.85. The van der Waals surface area contributed by atoms with Crippen LogP contribution in [0.15, 0.2) is 0 Å². The largest absolute Gasteiger partial charge is 0.103 e. The Hall–Kier alpha value is -0.440. The average Bonchev–Trinajstić information content (AvgIpc) is 2.70. The monoisotopic (exact) mass is 388 g/mol. The second kappa shape index (κ2) is 24.6. The van der Waals surface area contributed by atoms with E-state index >= 15 is 0 Å². The molecule has 0 nitrogen and oxygen atoms in total. The molecule has 0 rings (SSSR count). The van der Waals surface area contributed by atoms with E-state index in [1.54, 1.807) is 0 Å². The molecule has 0 heteroatoms. The second-order valence-electron chi connectivity index (χ2n) is 8.90. The van der Waals surface area contributed by atoms with Crippen LogP contribution in [0.4, 0.5) is 0 Å². The molecule has 0 spiro atoms. The molecule has 0 saturated carbocycles. The van der Waals surface area contributed by atoms with Crippen molar-refractivity contribution >= 4 is 0 Å². The molecule has 0 aromatic rings. The lowest BCUT2D eigenvalue weighted by atomic mass is 9.96. The van der Waals surface area contributed by atoms with Crippen molar-refractivity contribution in [1.82, 2.24) is 0 Å². The van der Waals surface area contributed by atoms with Gasteiger partial charge in [0.1, 0.15) is 0 Å². The van der Waals surface area contributed by atoms with E-state index in [0.29, 0.717) is 0 Å². The molecule has 0 aliphatic rings. The van der Waals surface area contributed by atoms with Crippen molar-refractivity contribution in [1.29, 1.82) is 0 Å². The summed E-state index contributed by atoms with van der Waals surface area (Å²) in [6, 6.07) is 0. The van der Waals surface area contributed by atoms with E-state index in [1.165, 1.54) is 116 Å². The summed E-state index contributed by atoms with van der Waals surface area (Å²) in [5.74, 6) is 7.68. The first-order valence-corrected chi connectivity index (χ1v) is 12.9. The highest BCUT2D eigenvalue weighted by molar-refractivity contribution is 4.98. The topological polar surface area (TPSA) is 0 Å². The third kappa shape index (κ3) is 23.6. The van der Waals surface area contributed by atoms with E-state index in [0.717, 1.165) is 31.6 Å². The second-order valence-corrected chi connectivity index (χ2v) is 8.90. The summed E-state index contributed by atoms with van der Waals surface area (Å²) in [7, 11) is 0. The Balaban J connectivity index is 3.21. The SMILES string of the molecule is [CH2]CCCCCCCC#CCCCCCCCC(C)CCCCCCCC[CH2]. The Bertz CT molecular complexity index is 332. The van der Waals surface area contributed by atoms with Crippen molar-refractivity contribution < 1.29 is 0 Å². The molecular formula is C28H52. The lowest BCUT2D eigenvalue weighted by Gasteiger charge is -2.11. The summed E-state index contributed by atoms with van der Waals surface area (Å²) in [4.78, 5) is 0. The van der Waals surface area contributed by atoms with Crippen LogP contribution in [0.5, 0.6) is 0 Å². The minimum Gasteiger partial charge on any atom is -0.103 e. The third-order valence-electron chi connectivity index (χ3n) is 5.87. The van der Waals surface area contributed by atoms with E-state index < -0.39 is 0 Å². The highest BCUT2D eigenvalue weighted by Gasteiger charge is 2.02. The van der Waals surface area contributed by atoms with Crippen LogP contribution in [0.1, 0.15) is 148 Å². The van der Waals surface area contributed by atoms with Crippen molar-refractivity contribution in [3.63, 3.8) is 0 Å². The molecule has 0 heterocycles. The molecule has 0 amide bonds. The lowest BCUT2D eigenvalue weighted by molar-refractivity contribution is 0.432. The van der Waals surface area contributed by atoms with Gasteiger partial charge in [-0.2, -0.15) is 0 Å². The number of unbranched alkanes of at least 4 members (excludes halogenated alkanes) is 17. The lowest BCUT2D eigenvalue weighted by Crippen LogP contribution is -1.95. The van der Waals surface area contributed by atoms with Gasteiger partial charge in [0.15, 0.2) is 0 Å². The molecule has 0 aliphatic heterocycles. The van der Waals surface area contributed by atoms with E-state index in [2.05, 4.69) is 32.6 Å². The number of hydrogen-bond acceptors (Lipinski definition) is 0. The maximum atomic E-state index is 3.91. The summed E-state index contributed by atoms with van der Waals surface area (Å²) in [6.45, 7) is 10.3. The molecule has 1 atom stereocenters. The van der Waals surface area contributed by atoms with Crippen LogP contribution in [0.2, 0.25) is 0 Å². The van der Waals surface area contributed by atoms with Crippen molar-refractivity contribution in [2.75, 3.05) is 0 Å². The van der Waals surface area contributed by atoms with Gasteiger partial charge in [0.2, 0.25) is 0 Å². The maximum absolute atomic E-state index is 3.91. The third-order valence-corrected chi connectivity index (χ3v) is 5.87.